The molecule has 0 aliphatic heterocycles. The number of sulfone groups is 1. The molecular weight excluding hydrogens is 350 g/mol. The molecule has 1 aromatic carbocycles. The number of nitrogens with one attached hydrogen (secondary N) is 1. The van der Waals surface area contributed by atoms with Crippen molar-refractivity contribution in [1.82, 2.24) is 5.32 Å². The maximum absolute atomic E-state index is 12.1. The third kappa shape index (κ3) is 4.65. The Morgan fingerprint density at radius 3 is 2.54 bits per heavy atom. The van der Waals surface area contributed by atoms with E-state index >= 15 is 0 Å². The Labute approximate surface area is 144 Å². The van der Waals surface area contributed by atoms with Gasteiger partial charge in [0, 0.05) is 11.1 Å². The number of amides is 1. The molecule has 24 heavy (non-hydrogen) atoms. The Bertz CT molecular complexity index is 828. The van der Waals surface area contributed by atoms with Crippen LogP contribution in [0, 0.1) is 0 Å². The van der Waals surface area contributed by atoms with Crippen molar-refractivity contribution in [1.29, 1.82) is 0 Å². The molecular formula is C16H17NO5S2. The number of ether oxygens (including phenoxy) is 1. The summed E-state index contributed by atoms with van der Waals surface area (Å²) in [6.07, 6.45) is 1.01. The maximum Gasteiger partial charge on any atom is 0.339 e. The first-order chi connectivity index (χ1) is 11.3. The fourth-order valence-corrected chi connectivity index (χ4v) is 3.67. The highest BCUT2D eigenvalue weighted by atomic mass is 32.2. The van der Waals surface area contributed by atoms with Gasteiger partial charge in [-0.25, -0.2) is 13.2 Å². The Morgan fingerprint density at radius 2 is 1.92 bits per heavy atom. The molecule has 0 unspecified atom stereocenters. The number of hydrogen-bond donors (Lipinski definition) is 1. The summed E-state index contributed by atoms with van der Waals surface area (Å²) in [5.74, 6) is -1.31. The summed E-state index contributed by atoms with van der Waals surface area (Å²) in [5.41, 5.74) is -0.0842. The molecule has 0 saturated heterocycles. The Balaban J connectivity index is 1.98. The summed E-state index contributed by atoms with van der Waals surface area (Å²) < 4.78 is 28.3. The smallest absolute Gasteiger partial charge is 0.339 e. The maximum atomic E-state index is 12.1. The normalized spacial score (nSPS) is 12.4. The van der Waals surface area contributed by atoms with Crippen molar-refractivity contribution >= 4 is 33.1 Å². The average Bonchev–Trinajstić information content (AvgIpc) is 3.06. The number of benzene rings is 1. The molecule has 0 aliphatic rings. The zero-order valence-corrected chi connectivity index (χ0v) is 14.8. The van der Waals surface area contributed by atoms with E-state index < -0.39 is 28.3 Å². The van der Waals surface area contributed by atoms with Crippen molar-refractivity contribution in [3.63, 3.8) is 0 Å². The minimum absolute atomic E-state index is 0.0842. The fraction of sp³-hybridized carbons (Fsp3) is 0.250. The highest BCUT2D eigenvalue weighted by Crippen LogP contribution is 2.18. The van der Waals surface area contributed by atoms with E-state index in [9.17, 15) is 18.0 Å². The number of carbonyl (C=O) groups is 2. The van der Waals surface area contributed by atoms with Gasteiger partial charge in [-0.1, -0.05) is 18.2 Å². The Morgan fingerprint density at radius 1 is 1.21 bits per heavy atom. The van der Waals surface area contributed by atoms with E-state index in [4.69, 9.17) is 4.74 Å². The Hall–Kier alpha value is -2.19. The Kier molecular flexibility index (Phi) is 5.74. The monoisotopic (exact) mass is 367 g/mol. The van der Waals surface area contributed by atoms with E-state index in [2.05, 4.69) is 5.32 Å². The highest BCUT2D eigenvalue weighted by molar-refractivity contribution is 7.90. The zero-order valence-electron chi connectivity index (χ0n) is 13.2. The molecule has 0 bridgehead atoms. The van der Waals surface area contributed by atoms with Crippen molar-refractivity contribution in [2.45, 2.75) is 17.9 Å². The van der Waals surface area contributed by atoms with Gasteiger partial charge in [-0.3, -0.25) is 4.79 Å². The molecule has 0 fully saturated rings. The fourth-order valence-electron chi connectivity index (χ4n) is 2.06. The van der Waals surface area contributed by atoms with E-state index in [-0.39, 0.29) is 16.5 Å². The second kappa shape index (κ2) is 7.59. The van der Waals surface area contributed by atoms with Crippen LogP contribution in [0.25, 0.3) is 0 Å². The SMILES string of the molecule is C[C@@H](NC(=O)COC(=O)c1ccccc1S(C)(=O)=O)c1cccs1. The van der Waals surface area contributed by atoms with Gasteiger partial charge >= 0.3 is 5.97 Å². The average molecular weight is 367 g/mol. The number of rotatable bonds is 6. The molecule has 1 amide bonds. The van der Waals surface area contributed by atoms with Crippen molar-refractivity contribution in [3.8, 4) is 0 Å². The third-order valence-corrected chi connectivity index (χ3v) is 5.40. The van der Waals surface area contributed by atoms with Gasteiger partial charge in [-0.2, -0.15) is 0 Å². The lowest BCUT2D eigenvalue weighted by Gasteiger charge is -2.13. The van der Waals surface area contributed by atoms with Crippen molar-refractivity contribution in [2.24, 2.45) is 0 Å². The molecule has 0 spiro atoms. The molecule has 1 aromatic heterocycles. The summed E-state index contributed by atoms with van der Waals surface area (Å²) in [6, 6.07) is 9.30. The van der Waals surface area contributed by atoms with Crippen LogP contribution in [0.15, 0.2) is 46.7 Å². The number of carbonyl (C=O) groups excluding carboxylic acids is 2. The van der Waals surface area contributed by atoms with E-state index in [0.29, 0.717) is 0 Å². The largest absolute Gasteiger partial charge is 0.452 e. The number of thiophene rings is 1. The van der Waals surface area contributed by atoms with Crippen LogP contribution in [-0.2, 0) is 19.4 Å². The number of hydrogen-bond acceptors (Lipinski definition) is 6. The van der Waals surface area contributed by atoms with Crippen molar-refractivity contribution in [3.05, 3.63) is 52.2 Å². The minimum Gasteiger partial charge on any atom is -0.452 e. The van der Waals surface area contributed by atoms with E-state index in [1.54, 1.807) is 0 Å². The lowest BCUT2D eigenvalue weighted by molar-refractivity contribution is -0.124. The van der Waals surface area contributed by atoms with Crippen LogP contribution in [0.1, 0.15) is 28.2 Å². The topological polar surface area (TPSA) is 89.5 Å². The van der Waals surface area contributed by atoms with Gasteiger partial charge in [0.05, 0.1) is 16.5 Å². The molecule has 8 heteroatoms. The van der Waals surface area contributed by atoms with Crippen LogP contribution in [0.2, 0.25) is 0 Å². The first-order valence-corrected chi connectivity index (χ1v) is 9.85. The predicted octanol–water partition coefficient (Wildman–Crippen LogP) is 2.19. The van der Waals surface area contributed by atoms with Crippen LogP contribution in [-0.4, -0.2) is 33.2 Å². The molecule has 1 N–H and O–H groups in total. The molecule has 6 nitrogen and oxygen atoms in total. The van der Waals surface area contributed by atoms with Crippen molar-refractivity contribution in [2.75, 3.05) is 12.9 Å². The second-order valence-corrected chi connectivity index (χ2v) is 8.11. The lowest BCUT2D eigenvalue weighted by atomic mass is 10.2. The number of esters is 1. The zero-order chi connectivity index (χ0) is 17.7. The standard InChI is InChI=1S/C16H17NO5S2/c1-11(13-7-5-9-23-13)17-15(18)10-22-16(19)12-6-3-4-8-14(12)24(2,20)21/h3-9,11H,10H2,1-2H3,(H,17,18)/t11-/m1/s1. The first kappa shape index (κ1) is 18.2. The molecule has 1 atom stereocenters. The molecule has 0 aliphatic carbocycles. The van der Waals surface area contributed by atoms with Gasteiger partial charge in [-0.15, -0.1) is 11.3 Å². The van der Waals surface area contributed by atoms with Gasteiger partial charge in [-0.05, 0) is 30.5 Å². The van der Waals surface area contributed by atoms with E-state index in [1.165, 1.54) is 35.6 Å². The summed E-state index contributed by atoms with van der Waals surface area (Å²) in [5, 5.41) is 4.61. The van der Waals surface area contributed by atoms with Crippen molar-refractivity contribution < 1.29 is 22.7 Å². The van der Waals surface area contributed by atoms with E-state index in [1.807, 2.05) is 24.4 Å². The van der Waals surface area contributed by atoms with Gasteiger partial charge in [0.15, 0.2) is 16.4 Å². The molecule has 128 valence electrons. The first-order valence-electron chi connectivity index (χ1n) is 7.08. The summed E-state index contributed by atoms with van der Waals surface area (Å²) >= 11 is 1.51. The van der Waals surface area contributed by atoms with E-state index in [0.717, 1.165) is 11.1 Å². The molecule has 2 rings (SSSR count). The van der Waals surface area contributed by atoms with Crippen LogP contribution in [0.4, 0.5) is 0 Å². The molecule has 2 aromatic rings. The summed E-state index contributed by atoms with van der Waals surface area (Å²) in [4.78, 5) is 24.8. The van der Waals surface area contributed by atoms with Crippen LogP contribution >= 0.6 is 11.3 Å². The quantitative estimate of drug-likeness (QED) is 0.791. The highest BCUT2D eigenvalue weighted by Gasteiger charge is 2.20. The lowest BCUT2D eigenvalue weighted by Crippen LogP contribution is -2.31. The van der Waals surface area contributed by atoms with Gasteiger partial charge in [0.1, 0.15) is 0 Å². The predicted molar refractivity (Wildman–Crippen MR) is 90.7 cm³/mol. The van der Waals surface area contributed by atoms with Gasteiger partial charge in [0.25, 0.3) is 5.91 Å². The molecule has 1 heterocycles. The van der Waals surface area contributed by atoms with Crippen LogP contribution in [0.5, 0.6) is 0 Å². The second-order valence-electron chi connectivity index (χ2n) is 5.15. The summed E-state index contributed by atoms with van der Waals surface area (Å²) in [7, 11) is -3.57. The molecule has 0 saturated carbocycles. The van der Waals surface area contributed by atoms with Gasteiger partial charge < -0.3 is 10.1 Å². The molecule has 0 radical (unpaired) electrons. The third-order valence-electron chi connectivity index (χ3n) is 3.19. The van der Waals surface area contributed by atoms with Crippen LogP contribution < -0.4 is 5.32 Å². The van der Waals surface area contributed by atoms with Crippen LogP contribution in [0.3, 0.4) is 0 Å². The summed E-state index contributed by atoms with van der Waals surface area (Å²) in [6.45, 7) is 1.34. The minimum atomic E-state index is -3.57. The van der Waals surface area contributed by atoms with Gasteiger partial charge in [0.2, 0.25) is 0 Å².